The van der Waals surface area contributed by atoms with Crippen LogP contribution in [0.4, 0.5) is 18.9 Å². The fraction of sp³-hybridized carbons (Fsp3) is 0.647. The molecular weight excluding hydrogens is 305 g/mol. The fourth-order valence-corrected chi connectivity index (χ4v) is 3.67. The standard InChI is InChI=1S/C17H23F3N2O/c1-21-7-4-14-10-12(2-3-15(14)21)11-22-8-5-13(6-9-22)16(23)17(18,19)20/h2-3,10,13,16,23H,4-9,11H2,1H3. The van der Waals surface area contributed by atoms with Gasteiger partial charge in [0.1, 0.15) is 0 Å². The van der Waals surface area contributed by atoms with Crippen LogP contribution in [0.5, 0.6) is 0 Å². The number of halogens is 3. The van der Waals surface area contributed by atoms with Gasteiger partial charge in [-0.3, -0.25) is 4.90 Å². The molecule has 128 valence electrons. The molecule has 2 heterocycles. The van der Waals surface area contributed by atoms with Gasteiger partial charge < -0.3 is 10.0 Å². The Morgan fingerprint density at radius 3 is 2.57 bits per heavy atom. The van der Waals surface area contributed by atoms with Gasteiger partial charge in [0.05, 0.1) is 0 Å². The number of aliphatic hydroxyl groups is 1. The van der Waals surface area contributed by atoms with Crippen molar-refractivity contribution < 1.29 is 18.3 Å². The van der Waals surface area contributed by atoms with Crippen LogP contribution in [0, 0.1) is 5.92 Å². The smallest absolute Gasteiger partial charge is 0.383 e. The van der Waals surface area contributed by atoms with Crippen molar-refractivity contribution in [2.24, 2.45) is 5.92 Å². The number of aliphatic hydroxyl groups excluding tert-OH is 1. The number of likely N-dealkylation sites (tertiary alicyclic amines) is 1. The molecule has 3 nitrogen and oxygen atoms in total. The Hall–Kier alpha value is -1.27. The van der Waals surface area contributed by atoms with Gasteiger partial charge in [-0.05, 0) is 55.5 Å². The van der Waals surface area contributed by atoms with Crippen molar-refractivity contribution >= 4 is 5.69 Å². The zero-order chi connectivity index (χ0) is 16.6. The number of benzene rings is 1. The van der Waals surface area contributed by atoms with E-state index >= 15 is 0 Å². The van der Waals surface area contributed by atoms with Crippen molar-refractivity contribution in [2.45, 2.75) is 38.1 Å². The van der Waals surface area contributed by atoms with Crippen LogP contribution in [0.1, 0.15) is 24.0 Å². The topological polar surface area (TPSA) is 26.7 Å². The fourth-order valence-electron chi connectivity index (χ4n) is 3.67. The number of hydrogen-bond donors (Lipinski definition) is 1. The lowest BCUT2D eigenvalue weighted by Gasteiger charge is -2.34. The first-order chi connectivity index (χ1) is 10.8. The zero-order valence-electron chi connectivity index (χ0n) is 13.3. The largest absolute Gasteiger partial charge is 0.414 e. The average Bonchev–Trinajstić information content (AvgIpc) is 2.87. The number of anilines is 1. The molecule has 0 amide bonds. The molecule has 1 atom stereocenters. The summed E-state index contributed by atoms with van der Waals surface area (Å²) in [5.74, 6) is -0.667. The third-order valence-electron chi connectivity index (χ3n) is 5.09. The van der Waals surface area contributed by atoms with E-state index in [0.29, 0.717) is 25.9 Å². The molecule has 2 aliphatic heterocycles. The van der Waals surface area contributed by atoms with Crippen molar-refractivity contribution in [3.63, 3.8) is 0 Å². The van der Waals surface area contributed by atoms with Crippen LogP contribution in [0.15, 0.2) is 18.2 Å². The van der Waals surface area contributed by atoms with Gasteiger partial charge in [-0.15, -0.1) is 0 Å². The first kappa shape index (κ1) is 16.6. The molecule has 6 heteroatoms. The second-order valence-corrected chi connectivity index (χ2v) is 6.73. The third kappa shape index (κ3) is 3.63. The minimum Gasteiger partial charge on any atom is -0.383 e. The molecule has 1 fully saturated rings. The summed E-state index contributed by atoms with van der Waals surface area (Å²) >= 11 is 0. The number of nitrogens with zero attached hydrogens (tertiary/aromatic N) is 2. The maximum Gasteiger partial charge on any atom is 0.414 e. The molecule has 0 aliphatic carbocycles. The lowest BCUT2D eigenvalue weighted by atomic mass is 9.90. The summed E-state index contributed by atoms with van der Waals surface area (Å²) in [4.78, 5) is 4.42. The maximum atomic E-state index is 12.6. The van der Waals surface area contributed by atoms with Crippen LogP contribution in [-0.4, -0.2) is 49.0 Å². The summed E-state index contributed by atoms with van der Waals surface area (Å²) in [7, 11) is 2.09. The lowest BCUT2D eigenvalue weighted by molar-refractivity contribution is -0.223. The van der Waals surface area contributed by atoms with Crippen LogP contribution in [0.2, 0.25) is 0 Å². The highest BCUT2D eigenvalue weighted by Crippen LogP contribution is 2.32. The maximum absolute atomic E-state index is 12.6. The molecule has 3 rings (SSSR count). The Morgan fingerprint density at radius 2 is 1.91 bits per heavy atom. The Labute approximate surface area is 134 Å². The molecule has 1 aromatic rings. The summed E-state index contributed by atoms with van der Waals surface area (Å²) < 4.78 is 37.7. The molecule has 1 saturated heterocycles. The number of likely N-dealkylation sites (N-methyl/N-ethyl adjacent to an activating group) is 1. The first-order valence-corrected chi connectivity index (χ1v) is 8.14. The van der Waals surface area contributed by atoms with Gasteiger partial charge in [-0.1, -0.05) is 12.1 Å². The summed E-state index contributed by atoms with van der Waals surface area (Å²) in [5.41, 5.74) is 3.85. The molecule has 1 aromatic carbocycles. The van der Waals surface area contributed by atoms with Gasteiger partial charge in [-0.25, -0.2) is 0 Å². The third-order valence-corrected chi connectivity index (χ3v) is 5.09. The highest BCUT2D eigenvalue weighted by Gasteiger charge is 2.44. The molecule has 0 aromatic heterocycles. The van der Waals surface area contributed by atoms with E-state index in [2.05, 4.69) is 35.0 Å². The summed E-state index contributed by atoms with van der Waals surface area (Å²) in [6.45, 7) is 3.02. The molecule has 1 N–H and O–H groups in total. The Balaban J connectivity index is 1.55. The van der Waals surface area contributed by atoms with Crippen LogP contribution >= 0.6 is 0 Å². The molecule has 0 spiro atoms. The van der Waals surface area contributed by atoms with Crippen molar-refractivity contribution in [3.05, 3.63) is 29.3 Å². The van der Waals surface area contributed by atoms with Gasteiger partial charge in [0.2, 0.25) is 0 Å². The SMILES string of the molecule is CN1CCc2cc(CN3CCC(C(O)C(F)(F)F)CC3)ccc21. The Morgan fingerprint density at radius 1 is 1.22 bits per heavy atom. The Kier molecular flexibility index (Phi) is 4.56. The highest BCUT2D eigenvalue weighted by atomic mass is 19.4. The summed E-state index contributed by atoms with van der Waals surface area (Å²) in [6.07, 6.45) is -4.83. The second-order valence-electron chi connectivity index (χ2n) is 6.73. The van der Waals surface area contributed by atoms with Crippen molar-refractivity contribution in [3.8, 4) is 0 Å². The predicted octanol–water partition coefficient (Wildman–Crippen LogP) is 2.81. The molecule has 0 radical (unpaired) electrons. The van der Waals surface area contributed by atoms with Gasteiger partial charge in [-0.2, -0.15) is 13.2 Å². The van der Waals surface area contributed by atoms with E-state index in [9.17, 15) is 18.3 Å². The second kappa shape index (κ2) is 6.32. The molecule has 1 unspecified atom stereocenters. The number of alkyl halides is 3. The monoisotopic (exact) mass is 328 g/mol. The lowest BCUT2D eigenvalue weighted by Crippen LogP contribution is -2.43. The molecule has 23 heavy (non-hydrogen) atoms. The quantitative estimate of drug-likeness (QED) is 0.924. The average molecular weight is 328 g/mol. The minimum absolute atomic E-state index is 0.397. The number of rotatable bonds is 3. The number of piperidine rings is 1. The van der Waals surface area contributed by atoms with Gasteiger partial charge >= 0.3 is 6.18 Å². The van der Waals surface area contributed by atoms with E-state index in [0.717, 1.165) is 19.5 Å². The van der Waals surface area contributed by atoms with Gasteiger partial charge in [0, 0.05) is 25.8 Å². The van der Waals surface area contributed by atoms with Crippen LogP contribution in [-0.2, 0) is 13.0 Å². The Bertz CT molecular complexity index is 553. The van der Waals surface area contributed by atoms with Crippen LogP contribution in [0.3, 0.4) is 0 Å². The van der Waals surface area contributed by atoms with E-state index in [4.69, 9.17) is 0 Å². The van der Waals surface area contributed by atoms with Crippen LogP contribution in [0.25, 0.3) is 0 Å². The molecular formula is C17H23F3N2O. The number of hydrogen-bond acceptors (Lipinski definition) is 3. The van der Waals surface area contributed by atoms with E-state index in [1.54, 1.807) is 0 Å². The molecule has 0 bridgehead atoms. The van der Waals surface area contributed by atoms with Gasteiger partial charge in [0.25, 0.3) is 0 Å². The zero-order valence-corrected chi connectivity index (χ0v) is 13.3. The minimum atomic E-state index is -4.50. The van der Waals surface area contributed by atoms with Crippen molar-refractivity contribution in [1.82, 2.24) is 4.90 Å². The van der Waals surface area contributed by atoms with Crippen molar-refractivity contribution in [1.29, 1.82) is 0 Å². The first-order valence-electron chi connectivity index (χ1n) is 8.14. The number of fused-ring (bicyclic) bond motifs is 1. The predicted molar refractivity (Wildman–Crippen MR) is 83.5 cm³/mol. The normalized spacial score (nSPS) is 21.5. The summed E-state index contributed by atoms with van der Waals surface area (Å²) in [5, 5.41) is 9.37. The molecule has 0 saturated carbocycles. The van der Waals surface area contributed by atoms with Gasteiger partial charge in [0.15, 0.2) is 6.10 Å². The van der Waals surface area contributed by atoms with E-state index < -0.39 is 18.2 Å². The van der Waals surface area contributed by atoms with Crippen LogP contribution < -0.4 is 4.90 Å². The highest BCUT2D eigenvalue weighted by molar-refractivity contribution is 5.58. The van der Waals surface area contributed by atoms with E-state index in [-0.39, 0.29) is 0 Å². The van der Waals surface area contributed by atoms with E-state index in [1.165, 1.54) is 16.8 Å². The molecule has 2 aliphatic rings. The summed E-state index contributed by atoms with van der Waals surface area (Å²) in [6, 6.07) is 6.46. The van der Waals surface area contributed by atoms with E-state index in [1.807, 2.05) is 0 Å². The van der Waals surface area contributed by atoms with Crippen molar-refractivity contribution in [2.75, 3.05) is 31.6 Å².